The van der Waals surface area contributed by atoms with Gasteiger partial charge in [-0.05, 0) is 62.8 Å². The second kappa shape index (κ2) is 6.17. The predicted octanol–water partition coefficient (Wildman–Crippen LogP) is 3.98. The zero-order valence-electron chi connectivity index (χ0n) is 7.22. The Bertz CT molecular complexity index is 260. The van der Waals surface area contributed by atoms with Crippen LogP contribution in [0.25, 0.3) is 0 Å². The summed E-state index contributed by atoms with van der Waals surface area (Å²) in [5.74, 6) is 0. The average Bonchev–Trinajstić information content (AvgIpc) is 2.39. The second-order valence-corrected chi connectivity index (χ2v) is 6.63. The molecule has 0 aromatic carbocycles. The Kier molecular flexibility index (Phi) is 5.55. The molecule has 13 heavy (non-hydrogen) atoms. The van der Waals surface area contributed by atoms with Crippen molar-refractivity contribution in [2.75, 3.05) is 6.61 Å². The number of halogens is 2. The first-order valence-electron chi connectivity index (χ1n) is 4.28. The molecule has 0 bridgehead atoms. The highest BCUT2D eigenvalue weighted by molar-refractivity contribution is 9.12. The fourth-order valence-electron chi connectivity index (χ4n) is 1.15. The Morgan fingerprint density at radius 1 is 1.23 bits per heavy atom. The molecule has 0 radical (unpaired) electrons. The summed E-state index contributed by atoms with van der Waals surface area (Å²) in [6.07, 6.45) is 4.28. The largest absolute Gasteiger partial charge is 0.396 e. The number of aryl methyl sites for hydroxylation is 1. The van der Waals surface area contributed by atoms with E-state index in [2.05, 4.69) is 37.9 Å². The molecular formula is C9H12Br2OS. The minimum absolute atomic E-state index is 0.314. The van der Waals surface area contributed by atoms with Gasteiger partial charge in [-0.25, -0.2) is 0 Å². The van der Waals surface area contributed by atoms with Crippen molar-refractivity contribution in [2.24, 2.45) is 0 Å². The first-order valence-corrected chi connectivity index (χ1v) is 6.69. The van der Waals surface area contributed by atoms with Gasteiger partial charge in [0.1, 0.15) is 0 Å². The summed E-state index contributed by atoms with van der Waals surface area (Å²) in [6, 6.07) is 2.16. The van der Waals surface area contributed by atoms with Gasteiger partial charge < -0.3 is 5.11 Å². The summed E-state index contributed by atoms with van der Waals surface area (Å²) >= 11 is 8.70. The van der Waals surface area contributed by atoms with Crippen LogP contribution in [0.3, 0.4) is 0 Å². The number of thiophene rings is 1. The van der Waals surface area contributed by atoms with Crippen LogP contribution in [0, 0.1) is 0 Å². The molecule has 0 fully saturated rings. The van der Waals surface area contributed by atoms with Crippen LogP contribution in [0.2, 0.25) is 0 Å². The third-order valence-electron chi connectivity index (χ3n) is 1.83. The van der Waals surface area contributed by atoms with E-state index in [1.807, 2.05) is 0 Å². The highest BCUT2D eigenvalue weighted by Crippen LogP contribution is 2.32. The van der Waals surface area contributed by atoms with Crippen molar-refractivity contribution in [3.63, 3.8) is 0 Å². The van der Waals surface area contributed by atoms with E-state index >= 15 is 0 Å². The van der Waals surface area contributed by atoms with E-state index < -0.39 is 0 Å². The van der Waals surface area contributed by atoms with E-state index in [1.165, 1.54) is 13.1 Å². The van der Waals surface area contributed by atoms with Crippen molar-refractivity contribution >= 4 is 43.2 Å². The lowest BCUT2D eigenvalue weighted by atomic mass is 10.1. The molecule has 1 rings (SSSR count). The lowest BCUT2D eigenvalue weighted by Crippen LogP contribution is -1.86. The van der Waals surface area contributed by atoms with Crippen molar-refractivity contribution in [1.82, 2.24) is 0 Å². The molecule has 0 unspecified atom stereocenters. The zero-order valence-corrected chi connectivity index (χ0v) is 11.2. The van der Waals surface area contributed by atoms with Crippen molar-refractivity contribution < 1.29 is 5.11 Å². The van der Waals surface area contributed by atoms with E-state index in [9.17, 15) is 0 Å². The Morgan fingerprint density at radius 2 is 2.00 bits per heavy atom. The molecule has 0 aliphatic rings. The van der Waals surface area contributed by atoms with Crippen LogP contribution in [0.15, 0.2) is 13.6 Å². The maximum absolute atomic E-state index is 8.61. The molecule has 74 valence electrons. The second-order valence-electron chi connectivity index (χ2n) is 2.88. The molecule has 1 N–H and O–H groups in total. The number of hydrogen-bond donors (Lipinski definition) is 1. The predicted molar refractivity (Wildman–Crippen MR) is 64.4 cm³/mol. The Balaban J connectivity index is 2.32. The third kappa shape index (κ3) is 4.11. The van der Waals surface area contributed by atoms with Crippen LogP contribution in [-0.4, -0.2) is 11.7 Å². The maximum atomic E-state index is 8.61. The zero-order chi connectivity index (χ0) is 9.68. The van der Waals surface area contributed by atoms with Gasteiger partial charge in [0.25, 0.3) is 0 Å². The van der Waals surface area contributed by atoms with E-state index in [0.29, 0.717) is 6.61 Å². The van der Waals surface area contributed by atoms with Crippen LogP contribution in [-0.2, 0) is 6.42 Å². The van der Waals surface area contributed by atoms with E-state index in [1.54, 1.807) is 11.3 Å². The molecular weight excluding hydrogens is 316 g/mol. The van der Waals surface area contributed by atoms with Gasteiger partial charge in [0.2, 0.25) is 0 Å². The summed E-state index contributed by atoms with van der Waals surface area (Å²) in [4.78, 5) is 0. The standard InChI is InChI=1S/C9H12Br2OS/c10-8-6-7(9(11)13-8)4-2-1-3-5-12/h6,12H,1-5H2. The minimum atomic E-state index is 0.314. The van der Waals surface area contributed by atoms with Crippen LogP contribution in [0.4, 0.5) is 0 Å². The first-order chi connectivity index (χ1) is 6.24. The van der Waals surface area contributed by atoms with Gasteiger partial charge in [-0.15, -0.1) is 11.3 Å². The quantitative estimate of drug-likeness (QED) is 0.811. The molecule has 1 heterocycles. The molecule has 1 nitrogen and oxygen atoms in total. The molecule has 0 saturated heterocycles. The normalized spacial score (nSPS) is 10.7. The molecule has 0 amide bonds. The van der Waals surface area contributed by atoms with E-state index in [0.717, 1.165) is 25.7 Å². The van der Waals surface area contributed by atoms with Crippen molar-refractivity contribution in [3.8, 4) is 0 Å². The van der Waals surface area contributed by atoms with Crippen LogP contribution < -0.4 is 0 Å². The molecule has 1 aromatic rings. The lowest BCUT2D eigenvalue weighted by molar-refractivity contribution is 0.283. The number of unbranched alkanes of at least 4 members (excludes halogenated alkanes) is 2. The molecule has 0 spiro atoms. The van der Waals surface area contributed by atoms with Crippen molar-refractivity contribution in [2.45, 2.75) is 25.7 Å². The van der Waals surface area contributed by atoms with E-state index in [4.69, 9.17) is 5.11 Å². The van der Waals surface area contributed by atoms with Gasteiger partial charge in [0, 0.05) is 6.61 Å². The van der Waals surface area contributed by atoms with Gasteiger partial charge in [-0.2, -0.15) is 0 Å². The fraction of sp³-hybridized carbons (Fsp3) is 0.556. The van der Waals surface area contributed by atoms with Crippen molar-refractivity contribution in [1.29, 1.82) is 0 Å². The number of hydrogen-bond acceptors (Lipinski definition) is 2. The number of rotatable bonds is 5. The summed E-state index contributed by atoms with van der Waals surface area (Å²) in [6.45, 7) is 0.314. The molecule has 0 saturated carbocycles. The average molecular weight is 328 g/mol. The Labute approximate surface area is 99.4 Å². The van der Waals surface area contributed by atoms with E-state index in [-0.39, 0.29) is 0 Å². The highest BCUT2D eigenvalue weighted by Gasteiger charge is 2.03. The van der Waals surface area contributed by atoms with Crippen LogP contribution in [0.5, 0.6) is 0 Å². The number of aliphatic hydroxyl groups is 1. The first kappa shape index (κ1) is 11.7. The molecule has 4 heteroatoms. The minimum Gasteiger partial charge on any atom is -0.396 e. The SMILES string of the molecule is OCCCCCc1cc(Br)sc1Br. The fourth-order valence-corrected chi connectivity index (χ4v) is 4.06. The third-order valence-corrected chi connectivity index (χ3v) is 4.30. The van der Waals surface area contributed by atoms with Gasteiger partial charge in [0.05, 0.1) is 7.57 Å². The Hall–Kier alpha value is 0.620. The topological polar surface area (TPSA) is 20.2 Å². The van der Waals surface area contributed by atoms with Crippen LogP contribution >= 0.6 is 43.2 Å². The molecule has 0 aliphatic heterocycles. The smallest absolute Gasteiger partial charge is 0.0742 e. The van der Waals surface area contributed by atoms with Gasteiger partial charge in [-0.1, -0.05) is 6.42 Å². The summed E-state index contributed by atoms with van der Waals surface area (Å²) in [5.41, 5.74) is 1.37. The van der Waals surface area contributed by atoms with Gasteiger partial charge >= 0.3 is 0 Å². The summed E-state index contributed by atoms with van der Waals surface area (Å²) in [7, 11) is 0. The maximum Gasteiger partial charge on any atom is 0.0742 e. The summed E-state index contributed by atoms with van der Waals surface area (Å²) < 4.78 is 2.40. The van der Waals surface area contributed by atoms with Gasteiger partial charge in [0.15, 0.2) is 0 Å². The lowest BCUT2D eigenvalue weighted by Gasteiger charge is -1.97. The highest BCUT2D eigenvalue weighted by atomic mass is 79.9. The molecule has 0 aliphatic carbocycles. The van der Waals surface area contributed by atoms with Gasteiger partial charge in [-0.3, -0.25) is 0 Å². The Morgan fingerprint density at radius 3 is 2.54 bits per heavy atom. The van der Waals surface area contributed by atoms with Crippen molar-refractivity contribution in [3.05, 3.63) is 19.2 Å². The number of aliphatic hydroxyl groups excluding tert-OH is 1. The van der Waals surface area contributed by atoms with Crippen LogP contribution in [0.1, 0.15) is 24.8 Å². The molecule has 1 aromatic heterocycles. The summed E-state index contributed by atoms with van der Waals surface area (Å²) in [5, 5.41) is 8.61. The molecule has 0 atom stereocenters. The monoisotopic (exact) mass is 326 g/mol.